The van der Waals surface area contributed by atoms with Crippen molar-refractivity contribution < 1.29 is 47.8 Å². The molecule has 0 saturated carbocycles. The van der Waals surface area contributed by atoms with Gasteiger partial charge in [-0.05, 0) is 0 Å². The van der Waals surface area contributed by atoms with E-state index in [2.05, 4.69) is 0 Å². The van der Waals surface area contributed by atoms with Crippen LogP contribution in [0.15, 0.2) is 0 Å². The van der Waals surface area contributed by atoms with Gasteiger partial charge in [0.1, 0.15) is 0 Å². The van der Waals surface area contributed by atoms with Crippen molar-refractivity contribution in [2.24, 2.45) is 0 Å². The second-order valence-electron chi connectivity index (χ2n) is 2.25. The van der Waals surface area contributed by atoms with Crippen LogP contribution in [0.5, 0.6) is 0 Å². The molecule has 0 radical (unpaired) electrons. The molecule has 0 aliphatic carbocycles. The normalized spacial score (nSPS) is 11.1. The van der Waals surface area contributed by atoms with Crippen LogP contribution in [0.1, 0.15) is 5.56 Å². The first-order valence-corrected chi connectivity index (χ1v) is 3.07. The minimum absolute atomic E-state index is 0. The van der Waals surface area contributed by atoms with E-state index < -0.39 is 35.0 Å². The van der Waals surface area contributed by atoms with Crippen molar-refractivity contribution in [1.82, 2.24) is 0 Å². The predicted molar refractivity (Wildman–Crippen MR) is 30.1 cm³/mol. The molecule has 0 unspecified atom stereocenters. The summed E-state index contributed by atoms with van der Waals surface area (Å²) in [5.41, 5.74) is -2.59. The molecule has 0 N–H and O–H groups in total. The van der Waals surface area contributed by atoms with Gasteiger partial charge in [-0.2, -0.15) is 13.2 Å². The zero-order valence-corrected chi connectivity index (χ0v) is 7.39. The summed E-state index contributed by atoms with van der Waals surface area (Å²) in [6, 6.07) is 0.836. The molecule has 0 atom stereocenters. The van der Waals surface area contributed by atoms with Crippen molar-refractivity contribution in [3.8, 4) is 0 Å². The summed E-state index contributed by atoms with van der Waals surface area (Å²) < 4.78 is 84.8. The van der Waals surface area contributed by atoms with Gasteiger partial charge in [0.25, 0.3) is 0 Å². The Morgan fingerprint density at radius 1 is 0.800 bits per heavy atom. The van der Waals surface area contributed by atoms with E-state index in [1.807, 2.05) is 0 Å². The van der Waals surface area contributed by atoms with Crippen LogP contribution in [0.4, 0.5) is 30.7 Å². The maximum Gasteiger partial charge on any atom is 1.00 e. The topological polar surface area (TPSA) is 0 Å². The molecule has 0 aromatic heterocycles. The SMILES string of the molecule is Fc1[c-]c(F)c(F)c(C(F)(F)F)c1F.[Cu+]. The van der Waals surface area contributed by atoms with Crippen LogP contribution in [0.25, 0.3) is 0 Å². The van der Waals surface area contributed by atoms with E-state index in [1.54, 1.807) is 0 Å². The molecule has 0 aliphatic rings. The molecule has 88 valence electrons. The molecule has 0 saturated heterocycles. The molecule has 1 rings (SSSR count). The van der Waals surface area contributed by atoms with Crippen LogP contribution < -0.4 is 0 Å². The number of alkyl halides is 3. The van der Waals surface area contributed by atoms with E-state index in [9.17, 15) is 30.7 Å². The molecule has 1 aromatic carbocycles. The summed E-state index contributed by atoms with van der Waals surface area (Å²) in [6.45, 7) is 0. The fourth-order valence-corrected chi connectivity index (χ4v) is 0.771. The van der Waals surface area contributed by atoms with Crippen LogP contribution in [-0.2, 0) is 23.2 Å². The third kappa shape index (κ3) is 2.63. The van der Waals surface area contributed by atoms with Crippen LogP contribution >= 0.6 is 0 Å². The van der Waals surface area contributed by atoms with Gasteiger partial charge in [0.15, 0.2) is 0 Å². The van der Waals surface area contributed by atoms with E-state index in [-0.39, 0.29) is 17.1 Å². The molecule has 1 aromatic rings. The van der Waals surface area contributed by atoms with Gasteiger partial charge >= 0.3 is 23.2 Å². The zero-order chi connectivity index (χ0) is 11.1. The molecular formula is C7CuF7. The number of halogens is 7. The third-order valence-corrected chi connectivity index (χ3v) is 1.33. The van der Waals surface area contributed by atoms with Crippen LogP contribution in [0.3, 0.4) is 0 Å². The molecule has 0 bridgehead atoms. The summed E-state index contributed by atoms with van der Waals surface area (Å²) in [7, 11) is 0. The molecule has 0 amide bonds. The molecule has 0 heterocycles. The zero-order valence-electron chi connectivity index (χ0n) is 6.45. The fourth-order valence-electron chi connectivity index (χ4n) is 0.771. The number of hydrogen-bond donors (Lipinski definition) is 0. The van der Waals surface area contributed by atoms with Crippen LogP contribution in [-0.4, -0.2) is 0 Å². The largest absolute Gasteiger partial charge is 1.00 e. The first kappa shape index (κ1) is 14.2. The van der Waals surface area contributed by atoms with Gasteiger partial charge in [0.05, 0.1) is 11.6 Å². The Morgan fingerprint density at radius 2 is 1.13 bits per heavy atom. The first-order valence-electron chi connectivity index (χ1n) is 3.07. The van der Waals surface area contributed by atoms with E-state index in [1.165, 1.54) is 0 Å². The average molecular weight is 281 g/mol. The Kier molecular flexibility index (Phi) is 4.18. The summed E-state index contributed by atoms with van der Waals surface area (Å²) in [6.07, 6.45) is -5.50. The van der Waals surface area contributed by atoms with Crippen molar-refractivity contribution in [3.05, 3.63) is 34.9 Å². The molecule has 0 aliphatic heterocycles. The number of benzene rings is 1. The Balaban J connectivity index is 0.00000196. The molecule has 0 nitrogen and oxygen atoms in total. The summed E-state index contributed by atoms with van der Waals surface area (Å²) in [4.78, 5) is 0. The van der Waals surface area contributed by atoms with E-state index >= 15 is 0 Å². The second kappa shape index (κ2) is 4.40. The maximum atomic E-state index is 12.4. The first-order chi connectivity index (χ1) is 6.25. The number of hydrogen-bond acceptors (Lipinski definition) is 0. The minimum atomic E-state index is -5.50. The molecule has 8 heteroatoms. The summed E-state index contributed by atoms with van der Waals surface area (Å²) in [5, 5.41) is 0. The van der Waals surface area contributed by atoms with Crippen molar-refractivity contribution in [3.63, 3.8) is 0 Å². The molecule has 0 spiro atoms. The van der Waals surface area contributed by atoms with E-state index in [0.717, 1.165) is 6.07 Å². The van der Waals surface area contributed by atoms with Crippen LogP contribution in [0.2, 0.25) is 0 Å². The molecular weight excluding hydrogens is 281 g/mol. The minimum Gasteiger partial charge on any atom is -0.281 e. The maximum absolute atomic E-state index is 12.4. The van der Waals surface area contributed by atoms with Gasteiger partial charge in [-0.15, -0.1) is 6.07 Å². The second-order valence-corrected chi connectivity index (χ2v) is 2.25. The van der Waals surface area contributed by atoms with E-state index in [0.29, 0.717) is 0 Å². The van der Waals surface area contributed by atoms with Gasteiger partial charge in [0.2, 0.25) is 0 Å². The monoisotopic (exact) mass is 280 g/mol. The van der Waals surface area contributed by atoms with Gasteiger partial charge in [0, 0.05) is 17.2 Å². The fraction of sp³-hybridized carbons (Fsp3) is 0.143. The van der Waals surface area contributed by atoms with Gasteiger partial charge in [-0.1, -0.05) is 0 Å². The Bertz CT molecular complexity index is 344. The van der Waals surface area contributed by atoms with Crippen molar-refractivity contribution in [1.29, 1.82) is 0 Å². The van der Waals surface area contributed by atoms with Gasteiger partial charge < -0.3 is 0 Å². The molecule has 0 fully saturated rings. The summed E-state index contributed by atoms with van der Waals surface area (Å²) in [5.74, 6) is -9.43. The van der Waals surface area contributed by atoms with Crippen molar-refractivity contribution in [2.75, 3.05) is 0 Å². The Hall–Kier alpha value is -0.751. The Morgan fingerprint density at radius 3 is 1.40 bits per heavy atom. The summed E-state index contributed by atoms with van der Waals surface area (Å²) >= 11 is 0. The van der Waals surface area contributed by atoms with Gasteiger partial charge in [-0.25, -0.2) is 8.78 Å². The van der Waals surface area contributed by atoms with E-state index in [4.69, 9.17) is 0 Å². The van der Waals surface area contributed by atoms with Crippen molar-refractivity contribution >= 4 is 0 Å². The predicted octanol–water partition coefficient (Wildman–Crippen LogP) is 3.06. The number of rotatable bonds is 0. The van der Waals surface area contributed by atoms with Crippen molar-refractivity contribution in [2.45, 2.75) is 6.18 Å². The molecule has 15 heavy (non-hydrogen) atoms. The smallest absolute Gasteiger partial charge is 0.281 e. The Labute approximate surface area is 89.6 Å². The van der Waals surface area contributed by atoms with Gasteiger partial charge in [-0.3, -0.25) is 8.78 Å². The quantitative estimate of drug-likeness (QED) is 0.297. The average Bonchev–Trinajstić information content (AvgIpc) is 1.98. The standard InChI is InChI=1S/C7F7.Cu/c8-2-1-3(9)6(11)4(5(2)10)7(12,13)14;/q-1;+1. The third-order valence-electron chi connectivity index (χ3n) is 1.33. The van der Waals surface area contributed by atoms with Crippen LogP contribution in [0, 0.1) is 29.3 Å².